The fourth-order valence-corrected chi connectivity index (χ4v) is 2.16. The first kappa shape index (κ1) is 15.5. The Hall–Kier alpha value is -1.87. The summed E-state index contributed by atoms with van der Waals surface area (Å²) < 4.78 is 36.9. The van der Waals surface area contributed by atoms with Crippen LogP contribution in [-0.4, -0.2) is 59.6 Å². The van der Waals surface area contributed by atoms with Gasteiger partial charge in [-0.15, -0.1) is 0 Å². The molecular formula is C12H16F3N5O. The predicted octanol–water partition coefficient (Wildman–Crippen LogP) is 0.687. The molecule has 6 nitrogen and oxygen atoms in total. The average Bonchev–Trinajstić information content (AvgIpc) is 2.46. The number of aromatic nitrogens is 1. The smallest absolute Gasteiger partial charge is 0.335 e. The van der Waals surface area contributed by atoms with Crippen LogP contribution >= 0.6 is 0 Å². The van der Waals surface area contributed by atoms with Gasteiger partial charge < -0.3 is 10.3 Å². The highest BCUT2D eigenvalue weighted by molar-refractivity contribution is 5.92. The highest BCUT2D eigenvalue weighted by Crippen LogP contribution is 2.18. The average molecular weight is 303 g/mol. The summed E-state index contributed by atoms with van der Waals surface area (Å²) >= 11 is 0. The van der Waals surface area contributed by atoms with Crippen LogP contribution in [0.15, 0.2) is 18.2 Å². The molecule has 116 valence electrons. The molecule has 1 amide bonds. The molecule has 1 fully saturated rings. The van der Waals surface area contributed by atoms with Gasteiger partial charge in [0.25, 0.3) is 5.91 Å². The van der Waals surface area contributed by atoms with E-state index in [-0.39, 0.29) is 37.8 Å². The van der Waals surface area contributed by atoms with Crippen LogP contribution in [0.1, 0.15) is 10.5 Å². The Kier molecular flexibility index (Phi) is 4.63. The van der Waals surface area contributed by atoms with Crippen LogP contribution in [-0.2, 0) is 0 Å². The number of nitrogens with two attached hydrogens (primary N) is 1. The number of pyridine rings is 1. The Morgan fingerprint density at radius 1 is 1.29 bits per heavy atom. The molecule has 0 spiro atoms. The van der Waals surface area contributed by atoms with Crippen molar-refractivity contribution in [3.63, 3.8) is 0 Å². The largest absolute Gasteiger partial charge is 0.401 e. The maximum Gasteiger partial charge on any atom is 0.401 e. The van der Waals surface area contributed by atoms with Crippen LogP contribution < -0.4 is 11.3 Å². The summed E-state index contributed by atoms with van der Waals surface area (Å²) in [7, 11) is 0. The van der Waals surface area contributed by atoms with Crippen molar-refractivity contribution in [1.29, 1.82) is 0 Å². The van der Waals surface area contributed by atoms with E-state index in [1.54, 1.807) is 18.2 Å². The number of halogens is 3. The Morgan fingerprint density at radius 3 is 2.52 bits per heavy atom. The normalized spacial score (nSPS) is 16.9. The molecule has 2 heterocycles. The molecule has 1 aromatic rings. The van der Waals surface area contributed by atoms with E-state index in [0.29, 0.717) is 5.82 Å². The summed E-state index contributed by atoms with van der Waals surface area (Å²) in [5, 5.41) is 0. The highest BCUT2D eigenvalue weighted by Gasteiger charge is 2.33. The van der Waals surface area contributed by atoms with Gasteiger partial charge in [-0.1, -0.05) is 6.07 Å². The molecule has 0 atom stereocenters. The molecule has 2 rings (SSSR count). The first-order valence-electron chi connectivity index (χ1n) is 6.41. The molecule has 21 heavy (non-hydrogen) atoms. The minimum absolute atomic E-state index is 0.195. The van der Waals surface area contributed by atoms with Crippen molar-refractivity contribution >= 4 is 11.7 Å². The van der Waals surface area contributed by atoms with Gasteiger partial charge in [0.05, 0.1) is 6.54 Å². The molecule has 9 heteroatoms. The number of hydrogen-bond acceptors (Lipinski definition) is 5. The molecule has 3 N–H and O–H groups in total. The maximum atomic E-state index is 12.3. The molecule has 0 aliphatic carbocycles. The van der Waals surface area contributed by atoms with Crippen molar-refractivity contribution < 1.29 is 18.0 Å². The number of hydrazine groups is 1. The molecule has 0 radical (unpaired) electrons. The second-order valence-electron chi connectivity index (χ2n) is 4.74. The molecule has 0 bridgehead atoms. The van der Waals surface area contributed by atoms with Crippen molar-refractivity contribution in [2.45, 2.75) is 6.18 Å². The monoisotopic (exact) mass is 303 g/mol. The summed E-state index contributed by atoms with van der Waals surface area (Å²) in [5.74, 6) is 5.27. The summed E-state index contributed by atoms with van der Waals surface area (Å²) in [4.78, 5) is 19.0. The van der Waals surface area contributed by atoms with Gasteiger partial charge in [-0.25, -0.2) is 10.8 Å². The highest BCUT2D eigenvalue weighted by atomic mass is 19.4. The third kappa shape index (κ3) is 4.30. The third-order valence-electron chi connectivity index (χ3n) is 3.18. The first-order chi connectivity index (χ1) is 9.89. The van der Waals surface area contributed by atoms with Crippen LogP contribution in [0.3, 0.4) is 0 Å². The van der Waals surface area contributed by atoms with Gasteiger partial charge >= 0.3 is 6.18 Å². The Labute approximate surface area is 119 Å². The van der Waals surface area contributed by atoms with E-state index in [1.807, 2.05) is 0 Å². The van der Waals surface area contributed by atoms with E-state index in [0.717, 1.165) is 0 Å². The minimum Gasteiger partial charge on any atom is -0.335 e. The van der Waals surface area contributed by atoms with Crippen molar-refractivity contribution in [1.82, 2.24) is 14.8 Å². The Bertz CT molecular complexity index is 500. The molecule has 1 aliphatic rings. The van der Waals surface area contributed by atoms with Gasteiger partial charge in [-0.3, -0.25) is 9.69 Å². The van der Waals surface area contributed by atoms with Gasteiger partial charge in [0.2, 0.25) is 0 Å². The van der Waals surface area contributed by atoms with Crippen molar-refractivity contribution in [2.75, 3.05) is 38.1 Å². The summed E-state index contributed by atoms with van der Waals surface area (Å²) in [5.41, 5.74) is 2.56. The summed E-state index contributed by atoms with van der Waals surface area (Å²) in [6.45, 7) is -0.0617. The lowest BCUT2D eigenvalue weighted by Crippen LogP contribution is -2.51. The van der Waals surface area contributed by atoms with Crippen LogP contribution in [0.4, 0.5) is 19.0 Å². The fourth-order valence-electron chi connectivity index (χ4n) is 2.16. The topological polar surface area (TPSA) is 74.5 Å². The van der Waals surface area contributed by atoms with Gasteiger partial charge in [-0.2, -0.15) is 13.2 Å². The third-order valence-corrected chi connectivity index (χ3v) is 3.18. The van der Waals surface area contributed by atoms with Crippen molar-refractivity contribution in [2.24, 2.45) is 5.84 Å². The number of carbonyl (C=O) groups is 1. The number of amides is 1. The number of nitrogens with one attached hydrogen (secondary N) is 1. The standard InChI is InChI=1S/C12H16F3N5O/c13-12(14,15)8-19-4-6-20(7-5-19)11(21)9-2-1-3-10(17-9)18-16/h1-3H,4-8,16H2,(H,17,18). The second-order valence-corrected chi connectivity index (χ2v) is 4.74. The van der Waals surface area contributed by atoms with Gasteiger partial charge in [0, 0.05) is 26.2 Å². The fraction of sp³-hybridized carbons (Fsp3) is 0.500. The lowest BCUT2D eigenvalue weighted by molar-refractivity contribution is -0.148. The number of hydrogen-bond donors (Lipinski definition) is 2. The molecule has 0 unspecified atom stereocenters. The van der Waals surface area contributed by atoms with E-state index in [1.165, 1.54) is 9.80 Å². The minimum atomic E-state index is -4.21. The zero-order valence-electron chi connectivity index (χ0n) is 11.2. The van der Waals surface area contributed by atoms with Gasteiger partial charge in [0.15, 0.2) is 0 Å². The summed E-state index contributed by atoms with van der Waals surface area (Å²) in [6.07, 6.45) is -4.21. The lowest BCUT2D eigenvalue weighted by atomic mass is 10.2. The number of rotatable bonds is 3. The molecule has 1 aliphatic heterocycles. The zero-order valence-corrected chi connectivity index (χ0v) is 11.2. The van der Waals surface area contributed by atoms with Crippen LogP contribution in [0.5, 0.6) is 0 Å². The molecule has 1 saturated heterocycles. The quantitative estimate of drug-likeness (QED) is 0.635. The van der Waals surface area contributed by atoms with E-state index in [4.69, 9.17) is 5.84 Å². The Morgan fingerprint density at radius 2 is 1.95 bits per heavy atom. The summed E-state index contributed by atoms with van der Waals surface area (Å²) in [6, 6.07) is 4.79. The van der Waals surface area contributed by atoms with E-state index >= 15 is 0 Å². The van der Waals surface area contributed by atoms with Crippen molar-refractivity contribution in [3.8, 4) is 0 Å². The number of carbonyl (C=O) groups excluding carboxylic acids is 1. The maximum absolute atomic E-state index is 12.3. The number of nitrogens with zero attached hydrogens (tertiary/aromatic N) is 3. The second kappa shape index (κ2) is 6.27. The van der Waals surface area contributed by atoms with E-state index < -0.39 is 12.7 Å². The molecule has 0 saturated carbocycles. The molecular weight excluding hydrogens is 287 g/mol. The van der Waals surface area contributed by atoms with Crippen LogP contribution in [0, 0.1) is 0 Å². The van der Waals surface area contributed by atoms with E-state index in [9.17, 15) is 18.0 Å². The van der Waals surface area contributed by atoms with E-state index in [2.05, 4.69) is 10.4 Å². The molecule has 0 aromatic carbocycles. The van der Waals surface area contributed by atoms with Crippen LogP contribution in [0.2, 0.25) is 0 Å². The number of anilines is 1. The number of alkyl halides is 3. The number of piperazine rings is 1. The molecule has 1 aromatic heterocycles. The number of nitrogen functional groups attached to an aromatic ring is 1. The zero-order chi connectivity index (χ0) is 15.5. The first-order valence-corrected chi connectivity index (χ1v) is 6.41. The van der Waals surface area contributed by atoms with Gasteiger partial charge in [-0.05, 0) is 12.1 Å². The lowest BCUT2D eigenvalue weighted by Gasteiger charge is -2.34. The SMILES string of the molecule is NNc1cccc(C(=O)N2CCN(CC(F)(F)F)CC2)n1. The predicted molar refractivity (Wildman–Crippen MR) is 70.4 cm³/mol. The van der Waals surface area contributed by atoms with Crippen molar-refractivity contribution in [3.05, 3.63) is 23.9 Å². The van der Waals surface area contributed by atoms with Gasteiger partial charge in [0.1, 0.15) is 11.5 Å². The van der Waals surface area contributed by atoms with Crippen LogP contribution in [0.25, 0.3) is 0 Å². The Balaban J connectivity index is 1.94.